The molecule has 16 heavy (non-hydrogen) atoms. The predicted octanol–water partition coefficient (Wildman–Crippen LogP) is 2.60. The van der Waals surface area contributed by atoms with Crippen LogP contribution in [-0.2, 0) is 22.4 Å². The SMILES string of the molecule is CCc1cc(C#N)cc(Br)c1CC(=O)OC. The molecule has 0 fully saturated rings. The molecule has 4 heteroatoms. The number of ether oxygens (including phenoxy) is 1. The minimum atomic E-state index is -0.278. The number of hydrogen-bond acceptors (Lipinski definition) is 3. The van der Waals surface area contributed by atoms with Crippen molar-refractivity contribution in [3.63, 3.8) is 0 Å². The molecular formula is C12H12BrNO2. The average Bonchev–Trinajstić information content (AvgIpc) is 2.30. The molecular weight excluding hydrogens is 270 g/mol. The maximum atomic E-state index is 11.2. The summed E-state index contributed by atoms with van der Waals surface area (Å²) in [5.41, 5.74) is 2.49. The highest BCUT2D eigenvalue weighted by molar-refractivity contribution is 9.10. The van der Waals surface area contributed by atoms with Crippen molar-refractivity contribution in [1.82, 2.24) is 0 Å². The molecule has 1 aromatic carbocycles. The highest BCUT2D eigenvalue weighted by Crippen LogP contribution is 2.24. The molecule has 0 radical (unpaired) electrons. The van der Waals surface area contributed by atoms with E-state index in [-0.39, 0.29) is 12.4 Å². The molecule has 1 rings (SSSR count). The van der Waals surface area contributed by atoms with Crippen LogP contribution < -0.4 is 0 Å². The highest BCUT2D eigenvalue weighted by atomic mass is 79.9. The Labute approximate surface area is 103 Å². The Morgan fingerprint density at radius 3 is 2.75 bits per heavy atom. The molecule has 0 unspecified atom stereocenters. The normalized spacial score (nSPS) is 9.62. The van der Waals surface area contributed by atoms with Crippen LogP contribution in [0.3, 0.4) is 0 Å². The molecule has 0 aliphatic rings. The molecule has 0 N–H and O–H groups in total. The molecule has 0 saturated carbocycles. The summed E-state index contributed by atoms with van der Waals surface area (Å²) in [6.45, 7) is 1.99. The van der Waals surface area contributed by atoms with Crippen LogP contribution in [0.15, 0.2) is 16.6 Å². The zero-order valence-corrected chi connectivity index (χ0v) is 10.8. The summed E-state index contributed by atoms with van der Waals surface area (Å²) in [6, 6.07) is 5.62. The van der Waals surface area contributed by atoms with Gasteiger partial charge in [-0.3, -0.25) is 4.79 Å². The third-order valence-electron chi connectivity index (χ3n) is 2.35. The van der Waals surface area contributed by atoms with Crippen molar-refractivity contribution >= 4 is 21.9 Å². The van der Waals surface area contributed by atoms with Crippen LogP contribution >= 0.6 is 15.9 Å². The summed E-state index contributed by atoms with van der Waals surface area (Å²) in [7, 11) is 1.37. The number of rotatable bonds is 3. The summed E-state index contributed by atoms with van der Waals surface area (Å²) in [4.78, 5) is 11.2. The van der Waals surface area contributed by atoms with Gasteiger partial charge in [-0.05, 0) is 29.7 Å². The zero-order valence-electron chi connectivity index (χ0n) is 9.21. The number of halogens is 1. The Morgan fingerprint density at radius 2 is 2.25 bits per heavy atom. The largest absolute Gasteiger partial charge is 0.469 e. The van der Waals surface area contributed by atoms with Crippen LogP contribution in [0.1, 0.15) is 23.6 Å². The van der Waals surface area contributed by atoms with Crippen molar-refractivity contribution in [2.75, 3.05) is 7.11 Å². The van der Waals surface area contributed by atoms with Gasteiger partial charge in [0.05, 0.1) is 25.2 Å². The fraction of sp³-hybridized carbons (Fsp3) is 0.333. The summed E-state index contributed by atoms with van der Waals surface area (Å²) in [6.07, 6.45) is 1.01. The van der Waals surface area contributed by atoms with Gasteiger partial charge in [0.15, 0.2) is 0 Å². The Kier molecular flexibility index (Phi) is 4.51. The zero-order chi connectivity index (χ0) is 12.1. The lowest BCUT2D eigenvalue weighted by Crippen LogP contribution is -2.07. The van der Waals surface area contributed by atoms with E-state index in [2.05, 4.69) is 26.7 Å². The highest BCUT2D eigenvalue weighted by Gasteiger charge is 2.12. The number of esters is 1. The van der Waals surface area contributed by atoms with Gasteiger partial charge < -0.3 is 4.74 Å². The third kappa shape index (κ3) is 2.83. The van der Waals surface area contributed by atoms with Crippen molar-refractivity contribution in [2.45, 2.75) is 19.8 Å². The minimum absolute atomic E-state index is 0.228. The lowest BCUT2D eigenvalue weighted by molar-refractivity contribution is -0.139. The third-order valence-corrected chi connectivity index (χ3v) is 3.05. The van der Waals surface area contributed by atoms with Crippen LogP contribution in [0.25, 0.3) is 0 Å². The number of methoxy groups -OCH3 is 1. The van der Waals surface area contributed by atoms with Crippen LogP contribution in [-0.4, -0.2) is 13.1 Å². The fourth-order valence-corrected chi connectivity index (χ4v) is 2.13. The molecule has 3 nitrogen and oxygen atoms in total. The first-order chi connectivity index (χ1) is 7.62. The smallest absolute Gasteiger partial charge is 0.310 e. The standard InChI is InChI=1S/C12H12BrNO2/c1-3-9-4-8(7-14)5-11(13)10(9)6-12(15)16-2/h4-5H,3,6H2,1-2H3. The molecule has 0 spiro atoms. The van der Waals surface area contributed by atoms with Crippen molar-refractivity contribution in [1.29, 1.82) is 5.26 Å². The Morgan fingerprint density at radius 1 is 1.56 bits per heavy atom. The molecule has 0 amide bonds. The number of carbonyl (C=O) groups is 1. The summed E-state index contributed by atoms with van der Waals surface area (Å²) >= 11 is 3.38. The molecule has 0 heterocycles. The second kappa shape index (κ2) is 5.66. The summed E-state index contributed by atoms with van der Waals surface area (Å²) < 4.78 is 5.43. The van der Waals surface area contributed by atoms with E-state index in [9.17, 15) is 4.79 Å². The van der Waals surface area contributed by atoms with Gasteiger partial charge in [-0.1, -0.05) is 22.9 Å². The van der Waals surface area contributed by atoms with Gasteiger partial charge in [-0.25, -0.2) is 0 Å². The van der Waals surface area contributed by atoms with E-state index in [1.807, 2.05) is 13.0 Å². The quantitative estimate of drug-likeness (QED) is 0.801. The molecule has 0 atom stereocenters. The molecule has 0 bridgehead atoms. The molecule has 84 valence electrons. The van der Waals surface area contributed by atoms with Crippen molar-refractivity contribution in [3.8, 4) is 6.07 Å². The Hall–Kier alpha value is -1.34. The van der Waals surface area contributed by atoms with E-state index in [1.54, 1.807) is 6.07 Å². The van der Waals surface area contributed by atoms with E-state index in [4.69, 9.17) is 5.26 Å². The summed E-state index contributed by atoms with van der Waals surface area (Å²) in [5, 5.41) is 8.84. The first kappa shape index (κ1) is 12.7. The number of benzene rings is 1. The lowest BCUT2D eigenvalue weighted by Gasteiger charge is -2.09. The van der Waals surface area contributed by atoms with E-state index < -0.39 is 0 Å². The molecule has 0 aromatic heterocycles. The number of carbonyl (C=O) groups excluding carboxylic acids is 1. The van der Waals surface area contributed by atoms with Crippen molar-refractivity contribution < 1.29 is 9.53 Å². The van der Waals surface area contributed by atoms with Gasteiger partial charge in [0, 0.05) is 4.47 Å². The topological polar surface area (TPSA) is 50.1 Å². The first-order valence-corrected chi connectivity index (χ1v) is 5.69. The van der Waals surface area contributed by atoms with Gasteiger partial charge in [-0.15, -0.1) is 0 Å². The second-order valence-electron chi connectivity index (χ2n) is 3.31. The molecule has 1 aromatic rings. The van der Waals surface area contributed by atoms with Crippen LogP contribution in [0.2, 0.25) is 0 Å². The fourth-order valence-electron chi connectivity index (χ4n) is 1.49. The lowest BCUT2D eigenvalue weighted by atomic mass is 10.00. The average molecular weight is 282 g/mol. The maximum Gasteiger partial charge on any atom is 0.310 e. The van der Waals surface area contributed by atoms with E-state index >= 15 is 0 Å². The van der Waals surface area contributed by atoms with E-state index in [1.165, 1.54) is 7.11 Å². The first-order valence-electron chi connectivity index (χ1n) is 4.90. The van der Waals surface area contributed by atoms with Gasteiger partial charge in [0.2, 0.25) is 0 Å². The Balaban J connectivity index is 3.17. The van der Waals surface area contributed by atoms with E-state index in [0.717, 1.165) is 22.0 Å². The summed E-state index contributed by atoms with van der Waals surface area (Å²) in [5.74, 6) is -0.278. The van der Waals surface area contributed by atoms with Gasteiger partial charge in [0.25, 0.3) is 0 Å². The van der Waals surface area contributed by atoms with Gasteiger partial charge in [-0.2, -0.15) is 5.26 Å². The van der Waals surface area contributed by atoms with Crippen LogP contribution in [0, 0.1) is 11.3 Å². The number of nitriles is 1. The van der Waals surface area contributed by atoms with E-state index in [0.29, 0.717) is 5.56 Å². The number of nitrogens with zero attached hydrogens (tertiary/aromatic N) is 1. The van der Waals surface area contributed by atoms with Gasteiger partial charge in [0.1, 0.15) is 0 Å². The van der Waals surface area contributed by atoms with Crippen molar-refractivity contribution in [2.24, 2.45) is 0 Å². The second-order valence-corrected chi connectivity index (χ2v) is 4.17. The molecule has 0 aliphatic carbocycles. The van der Waals surface area contributed by atoms with Crippen molar-refractivity contribution in [3.05, 3.63) is 33.3 Å². The predicted molar refractivity (Wildman–Crippen MR) is 64.0 cm³/mol. The minimum Gasteiger partial charge on any atom is -0.469 e. The number of aryl methyl sites for hydroxylation is 1. The maximum absolute atomic E-state index is 11.2. The molecule has 0 saturated heterocycles. The van der Waals surface area contributed by atoms with Crippen LogP contribution in [0.4, 0.5) is 0 Å². The van der Waals surface area contributed by atoms with Gasteiger partial charge >= 0.3 is 5.97 Å². The Bertz CT molecular complexity index is 449. The monoisotopic (exact) mass is 281 g/mol. The van der Waals surface area contributed by atoms with Crippen LogP contribution in [0.5, 0.6) is 0 Å². The molecule has 0 aliphatic heterocycles. The number of hydrogen-bond donors (Lipinski definition) is 0.